The molecule has 5 rings (SSSR count). The van der Waals surface area contributed by atoms with Crippen molar-refractivity contribution in [2.24, 2.45) is 0 Å². The van der Waals surface area contributed by atoms with Gasteiger partial charge in [0.05, 0.1) is 19.4 Å². The Morgan fingerprint density at radius 1 is 1.05 bits per heavy atom. The van der Waals surface area contributed by atoms with Crippen LogP contribution >= 0.6 is 0 Å². The summed E-state index contributed by atoms with van der Waals surface area (Å²) >= 11 is 0. The number of likely N-dealkylation sites (N-methyl/N-ethyl adjacent to an activating group) is 1. The number of carbonyl (C=O) groups excluding carboxylic acids is 1. The molecule has 2 aliphatic heterocycles. The number of H-pyrrole nitrogens is 1. The van der Waals surface area contributed by atoms with E-state index in [1.165, 1.54) is 11.3 Å². The minimum Gasteiger partial charge on any atom is -0.378 e. The number of carbonyl (C=O) groups is 1. The number of aromatic nitrogens is 4. The zero-order chi connectivity index (χ0) is 28.1. The van der Waals surface area contributed by atoms with Crippen LogP contribution in [0.1, 0.15) is 33.0 Å². The minimum atomic E-state index is -0.00336. The number of hydrogen-bond acceptors (Lipinski definition) is 7. The minimum absolute atomic E-state index is 0.00336. The van der Waals surface area contributed by atoms with E-state index in [1.807, 2.05) is 24.0 Å². The van der Waals surface area contributed by atoms with Crippen LogP contribution in [0.15, 0.2) is 59.8 Å². The number of fused-ring (bicyclic) bond motifs is 1. The lowest BCUT2D eigenvalue weighted by Crippen LogP contribution is -2.44. The summed E-state index contributed by atoms with van der Waals surface area (Å²) in [6.45, 7) is 12.6. The highest BCUT2D eigenvalue weighted by Gasteiger charge is 2.21. The second-order valence-corrected chi connectivity index (χ2v) is 10.5. The zero-order valence-electron chi connectivity index (χ0n) is 24.0. The molecule has 0 unspecified atom stereocenters. The Kier molecular flexibility index (Phi) is 8.72. The zero-order valence-corrected chi connectivity index (χ0v) is 24.0. The number of benzene rings is 1. The summed E-state index contributed by atoms with van der Waals surface area (Å²) in [4.78, 5) is 29.5. The topological polar surface area (TPSA) is 90.5 Å². The van der Waals surface area contributed by atoms with E-state index in [9.17, 15) is 4.79 Å². The van der Waals surface area contributed by atoms with Crippen LogP contribution < -0.4 is 4.90 Å². The number of allylic oxidation sites excluding steroid dienone is 4. The first-order chi connectivity index (χ1) is 19.5. The number of nitrogens with zero attached hydrogens (tertiary/aromatic N) is 6. The van der Waals surface area contributed by atoms with E-state index in [-0.39, 0.29) is 5.91 Å². The van der Waals surface area contributed by atoms with Crippen molar-refractivity contribution in [3.05, 3.63) is 65.7 Å². The van der Waals surface area contributed by atoms with E-state index in [0.717, 1.165) is 60.5 Å². The first kappa shape index (κ1) is 27.7. The third-order valence-corrected chi connectivity index (χ3v) is 7.70. The van der Waals surface area contributed by atoms with Gasteiger partial charge in [-0.3, -0.25) is 9.89 Å². The number of ether oxygens (including phenoxy) is 1. The van der Waals surface area contributed by atoms with Crippen molar-refractivity contribution in [1.29, 1.82) is 0 Å². The predicted molar refractivity (Wildman–Crippen MR) is 160 cm³/mol. The molecule has 0 aliphatic carbocycles. The highest BCUT2D eigenvalue weighted by Crippen LogP contribution is 2.29. The number of hydrogen-bond donors (Lipinski definition) is 1. The van der Waals surface area contributed by atoms with Crippen LogP contribution in [0.25, 0.3) is 27.9 Å². The number of aromatic amines is 1. The lowest BCUT2D eigenvalue weighted by atomic mass is 10.0. The van der Waals surface area contributed by atoms with Gasteiger partial charge in [0.15, 0.2) is 5.82 Å². The van der Waals surface area contributed by atoms with Crippen LogP contribution in [0.3, 0.4) is 0 Å². The number of morpholine rings is 1. The summed E-state index contributed by atoms with van der Waals surface area (Å²) in [6.07, 6.45) is 8.49. The summed E-state index contributed by atoms with van der Waals surface area (Å²) in [6, 6.07) is 8.55. The summed E-state index contributed by atoms with van der Waals surface area (Å²) in [5.74, 6) is 0.558. The lowest BCUT2D eigenvalue weighted by molar-refractivity contribution is -0.130. The number of rotatable bonds is 7. The quantitative estimate of drug-likeness (QED) is 0.352. The monoisotopic (exact) mass is 541 g/mol. The Morgan fingerprint density at radius 2 is 1.77 bits per heavy atom. The van der Waals surface area contributed by atoms with Gasteiger partial charge in [0.2, 0.25) is 0 Å². The second-order valence-electron chi connectivity index (χ2n) is 10.5. The maximum absolute atomic E-state index is 13.3. The third-order valence-electron chi connectivity index (χ3n) is 7.70. The van der Waals surface area contributed by atoms with Gasteiger partial charge in [-0.2, -0.15) is 5.10 Å². The molecule has 2 aliphatic rings. The van der Waals surface area contributed by atoms with Crippen LogP contribution in [0, 0.1) is 0 Å². The molecular weight excluding hydrogens is 502 g/mol. The third kappa shape index (κ3) is 6.16. The van der Waals surface area contributed by atoms with E-state index < -0.39 is 0 Å². The maximum Gasteiger partial charge on any atom is 0.253 e. The molecule has 2 saturated heterocycles. The fourth-order valence-electron chi connectivity index (χ4n) is 4.97. The molecule has 210 valence electrons. The summed E-state index contributed by atoms with van der Waals surface area (Å²) in [5.41, 5.74) is 7.13. The molecule has 3 aromatic rings. The molecule has 2 fully saturated rings. The largest absolute Gasteiger partial charge is 0.378 e. The normalized spacial score (nSPS) is 18.1. The van der Waals surface area contributed by atoms with Crippen LogP contribution in [-0.4, -0.2) is 95.4 Å². The van der Waals surface area contributed by atoms with Crippen molar-refractivity contribution >= 4 is 28.2 Å². The molecule has 0 spiro atoms. The highest BCUT2D eigenvalue weighted by atomic mass is 16.5. The van der Waals surface area contributed by atoms with Gasteiger partial charge >= 0.3 is 0 Å². The van der Waals surface area contributed by atoms with Gasteiger partial charge in [-0.1, -0.05) is 36.8 Å². The molecule has 0 radical (unpaired) electrons. The Bertz CT molecular complexity index is 1420. The van der Waals surface area contributed by atoms with Crippen LogP contribution in [0.2, 0.25) is 0 Å². The second kappa shape index (κ2) is 12.6. The molecule has 1 N–H and O–H groups in total. The SMILES string of the molecule is C\C=C(/C=C(\C=C(/C)CC)c1ncc2[nH]nc(-c3ccc(N4CCN(C)CC4)cc3)c2n1)C(=O)N1CCOCC1. The Labute approximate surface area is 236 Å². The summed E-state index contributed by atoms with van der Waals surface area (Å²) in [5, 5.41) is 7.69. The molecule has 0 saturated carbocycles. The van der Waals surface area contributed by atoms with Crippen molar-refractivity contribution in [2.75, 3.05) is 64.4 Å². The van der Waals surface area contributed by atoms with Crippen LogP contribution in [-0.2, 0) is 9.53 Å². The molecular formula is C31H39N7O2. The van der Waals surface area contributed by atoms with Gasteiger partial charge in [-0.15, -0.1) is 0 Å². The fourth-order valence-corrected chi connectivity index (χ4v) is 4.97. The predicted octanol–water partition coefficient (Wildman–Crippen LogP) is 4.32. The van der Waals surface area contributed by atoms with Gasteiger partial charge in [-0.25, -0.2) is 9.97 Å². The molecule has 1 aromatic carbocycles. The van der Waals surface area contributed by atoms with Crippen molar-refractivity contribution in [2.45, 2.75) is 27.2 Å². The van der Waals surface area contributed by atoms with Gasteiger partial charge in [0.1, 0.15) is 16.7 Å². The highest BCUT2D eigenvalue weighted by molar-refractivity contribution is 5.99. The first-order valence-electron chi connectivity index (χ1n) is 14.1. The van der Waals surface area contributed by atoms with E-state index in [2.05, 4.69) is 76.2 Å². The molecule has 0 bridgehead atoms. The molecule has 1 amide bonds. The van der Waals surface area contributed by atoms with Crippen molar-refractivity contribution in [3.8, 4) is 11.3 Å². The molecule has 9 nitrogen and oxygen atoms in total. The number of nitrogens with one attached hydrogen (secondary N) is 1. The van der Waals surface area contributed by atoms with E-state index in [4.69, 9.17) is 9.72 Å². The van der Waals surface area contributed by atoms with Crippen LogP contribution in [0.5, 0.6) is 0 Å². The average Bonchev–Trinajstić information content (AvgIpc) is 3.43. The van der Waals surface area contributed by atoms with Gasteiger partial charge in [0, 0.05) is 61.7 Å². The number of piperazine rings is 1. The van der Waals surface area contributed by atoms with Crippen molar-refractivity contribution in [1.82, 2.24) is 30.0 Å². The summed E-state index contributed by atoms with van der Waals surface area (Å²) in [7, 11) is 2.17. The number of anilines is 1. The van der Waals surface area contributed by atoms with Crippen LogP contribution in [0.4, 0.5) is 5.69 Å². The first-order valence-corrected chi connectivity index (χ1v) is 14.1. The van der Waals surface area contributed by atoms with Gasteiger partial charge < -0.3 is 19.4 Å². The standard InChI is InChI=1S/C31H39N7O2/c1-5-22(3)19-25(20-23(6-2)31(39)38-15-17-40-18-16-38)30-32-21-27-29(33-30)28(35-34-27)24-7-9-26(10-8-24)37-13-11-36(4)12-14-37/h6-10,19-21H,5,11-18H2,1-4H3,(H,34,35)/b22-19+,23-6+,25-20+. The van der Waals surface area contributed by atoms with Crippen molar-refractivity contribution in [3.63, 3.8) is 0 Å². The van der Waals surface area contributed by atoms with Gasteiger partial charge in [0.25, 0.3) is 5.91 Å². The van der Waals surface area contributed by atoms with E-state index >= 15 is 0 Å². The fraction of sp³-hybridized carbons (Fsp3) is 0.419. The lowest BCUT2D eigenvalue weighted by Gasteiger charge is -2.34. The van der Waals surface area contributed by atoms with E-state index in [1.54, 1.807) is 6.20 Å². The molecule has 40 heavy (non-hydrogen) atoms. The Hall–Kier alpha value is -3.82. The summed E-state index contributed by atoms with van der Waals surface area (Å²) < 4.78 is 5.43. The van der Waals surface area contributed by atoms with E-state index in [0.29, 0.717) is 37.7 Å². The molecule has 2 aromatic heterocycles. The average molecular weight is 542 g/mol. The number of amides is 1. The smallest absolute Gasteiger partial charge is 0.253 e. The Morgan fingerprint density at radius 3 is 2.45 bits per heavy atom. The molecule has 0 atom stereocenters. The molecule has 4 heterocycles. The maximum atomic E-state index is 13.3. The molecule has 9 heteroatoms. The van der Waals surface area contributed by atoms with Crippen molar-refractivity contribution < 1.29 is 9.53 Å². The Balaban J connectivity index is 1.47. The van der Waals surface area contributed by atoms with Gasteiger partial charge in [-0.05, 0) is 45.5 Å².